The monoisotopic (exact) mass is 178 g/mol. The SMILES string of the molecule is CONC(=O)c1cccc([B]O)c1. The van der Waals surface area contributed by atoms with E-state index in [9.17, 15) is 4.79 Å². The molecular formula is C8H9BNO3. The Labute approximate surface area is 76.8 Å². The van der Waals surface area contributed by atoms with Crippen molar-refractivity contribution in [3.05, 3.63) is 29.8 Å². The molecule has 0 spiro atoms. The van der Waals surface area contributed by atoms with Gasteiger partial charge in [0, 0.05) is 5.56 Å². The molecule has 0 saturated carbocycles. The van der Waals surface area contributed by atoms with Gasteiger partial charge in [0.1, 0.15) is 0 Å². The number of carbonyl (C=O) groups excluding carboxylic acids is 1. The summed E-state index contributed by atoms with van der Waals surface area (Å²) >= 11 is 0. The number of hydroxylamine groups is 1. The van der Waals surface area contributed by atoms with Crippen molar-refractivity contribution >= 4 is 18.9 Å². The van der Waals surface area contributed by atoms with Gasteiger partial charge < -0.3 is 5.02 Å². The van der Waals surface area contributed by atoms with Crippen LogP contribution in [0.3, 0.4) is 0 Å². The van der Waals surface area contributed by atoms with Crippen molar-refractivity contribution in [2.45, 2.75) is 0 Å². The second-order valence-electron chi connectivity index (χ2n) is 2.39. The third-order valence-electron chi connectivity index (χ3n) is 1.49. The highest BCUT2D eigenvalue weighted by molar-refractivity contribution is 6.45. The molecule has 1 aromatic carbocycles. The zero-order valence-corrected chi connectivity index (χ0v) is 7.15. The summed E-state index contributed by atoms with van der Waals surface area (Å²) in [7, 11) is 2.30. The molecule has 0 aliphatic carbocycles. The van der Waals surface area contributed by atoms with Gasteiger partial charge in [-0.15, -0.1) is 0 Å². The molecule has 0 bridgehead atoms. The Balaban J connectivity index is 2.82. The van der Waals surface area contributed by atoms with Gasteiger partial charge in [0.25, 0.3) is 5.91 Å². The van der Waals surface area contributed by atoms with Crippen LogP contribution in [-0.4, -0.2) is 25.5 Å². The maximum Gasteiger partial charge on any atom is 0.326 e. The van der Waals surface area contributed by atoms with Crippen LogP contribution < -0.4 is 10.9 Å². The third kappa shape index (κ3) is 2.57. The minimum absolute atomic E-state index is 0.341. The molecule has 13 heavy (non-hydrogen) atoms. The molecule has 0 atom stereocenters. The van der Waals surface area contributed by atoms with E-state index in [1.807, 2.05) is 0 Å². The predicted molar refractivity (Wildman–Crippen MR) is 48.5 cm³/mol. The Morgan fingerprint density at radius 2 is 2.38 bits per heavy atom. The van der Waals surface area contributed by atoms with Crippen molar-refractivity contribution in [1.29, 1.82) is 0 Å². The number of hydrogen-bond donors (Lipinski definition) is 2. The lowest BCUT2D eigenvalue weighted by Crippen LogP contribution is -2.24. The van der Waals surface area contributed by atoms with Crippen molar-refractivity contribution in [3.63, 3.8) is 0 Å². The van der Waals surface area contributed by atoms with Crippen LogP contribution >= 0.6 is 0 Å². The van der Waals surface area contributed by atoms with Crippen molar-refractivity contribution in [3.8, 4) is 0 Å². The zero-order chi connectivity index (χ0) is 9.68. The Kier molecular flexibility index (Phi) is 3.48. The maximum absolute atomic E-state index is 11.2. The highest BCUT2D eigenvalue weighted by Gasteiger charge is 2.04. The normalized spacial score (nSPS) is 9.38. The van der Waals surface area contributed by atoms with Crippen molar-refractivity contribution in [1.82, 2.24) is 5.48 Å². The van der Waals surface area contributed by atoms with Crippen molar-refractivity contribution < 1.29 is 14.7 Å². The Bertz CT molecular complexity index is 303. The number of hydrogen-bond acceptors (Lipinski definition) is 3. The fourth-order valence-electron chi connectivity index (χ4n) is 0.912. The summed E-state index contributed by atoms with van der Waals surface area (Å²) in [6.07, 6.45) is 0. The smallest absolute Gasteiger partial charge is 0.326 e. The topological polar surface area (TPSA) is 58.6 Å². The highest BCUT2D eigenvalue weighted by Crippen LogP contribution is 1.95. The minimum Gasteiger partial charge on any atom is -0.450 e. The molecule has 0 aliphatic rings. The van der Waals surface area contributed by atoms with E-state index in [0.717, 1.165) is 7.48 Å². The van der Waals surface area contributed by atoms with Crippen LogP contribution in [0.4, 0.5) is 0 Å². The van der Waals surface area contributed by atoms with Gasteiger partial charge in [0.05, 0.1) is 7.11 Å². The van der Waals surface area contributed by atoms with Gasteiger partial charge in [0.15, 0.2) is 0 Å². The van der Waals surface area contributed by atoms with Crippen LogP contribution in [0, 0.1) is 0 Å². The molecule has 1 aromatic rings. The van der Waals surface area contributed by atoms with E-state index in [2.05, 4.69) is 10.3 Å². The van der Waals surface area contributed by atoms with Gasteiger partial charge in [0.2, 0.25) is 0 Å². The number of carbonyl (C=O) groups is 1. The molecule has 67 valence electrons. The Morgan fingerprint density at radius 1 is 1.62 bits per heavy atom. The minimum atomic E-state index is -0.341. The van der Waals surface area contributed by atoms with Crippen LogP contribution in [0.5, 0.6) is 0 Å². The number of rotatable bonds is 3. The first kappa shape index (κ1) is 9.76. The van der Waals surface area contributed by atoms with E-state index in [1.54, 1.807) is 24.3 Å². The van der Waals surface area contributed by atoms with Gasteiger partial charge in [-0.3, -0.25) is 9.63 Å². The lowest BCUT2D eigenvalue weighted by Gasteiger charge is -2.02. The maximum atomic E-state index is 11.2. The summed E-state index contributed by atoms with van der Waals surface area (Å²) < 4.78 is 0. The molecular weight excluding hydrogens is 169 g/mol. The summed E-state index contributed by atoms with van der Waals surface area (Å²) in [4.78, 5) is 15.6. The van der Waals surface area contributed by atoms with E-state index >= 15 is 0 Å². The summed E-state index contributed by atoms with van der Waals surface area (Å²) in [6.45, 7) is 0. The lowest BCUT2D eigenvalue weighted by molar-refractivity contribution is 0.0538. The van der Waals surface area contributed by atoms with Crippen LogP contribution in [0.25, 0.3) is 0 Å². The second kappa shape index (κ2) is 4.64. The van der Waals surface area contributed by atoms with Gasteiger partial charge in [-0.1, -0.05) is 23.7 Å². The van der Waals surface area contributed by atoms with E-state index in [0.29, 0.717) is 11.0 Å². The van der Waals surface area contributed by atoms with Crippen molar-refractivity contribution in [2.24, 2.45) is 0 Å². The van der Waals surface area contributed by atoms with E-state index in [-0.39, 0.29) is 5.91 Å². The quantitative estimate of drug-likeness (QED) is 0.471. The first-order valence-corrected chi connectivity index (χ1v) is 3.68. The van der Waals surface area contributed by atoms with Crippen LogP contribution in [-0.2, 0) is 4.84 Å². The molecule has 1 rings (SSSR count). The molecule has 2 N–H and O–H groups in total. The molecule has 0 aromatic heterocycles. The summed E-state index contributed by atoms with van der Waals surface area (Å²) in [5.74, 6) is -0.341. The average molecular weight is 178 g/mol. The van der Waals surface area contributed by atoms with Crippen LogP contribution in [0.1, 0.15) is 10.4 Å². The molecule has 0 aliphatic heterocycles. The van der Waals surface area contributed by atoms with E-state index in [4.69, 9.17) is 5.02 Å². The third-order valence-corrected chi connectivity index (χ3v) is 1.49. The number of amides is 1. The van der Waals surface area contributed by atoms with Crippen LogP contribution in [0.2, 0.25) is 0 Å². The average Bonchev–Trinajstić information content (AvgIpc) is 2.18. The fraction of sp³-hybridized carbons (Fsp3) is 0.125. The summed E-state index contributed by atoms with van der Waals surface area (Å²) in [5.41, 5.74) is 3.19. The highest BCUT2D eigenvalue weighted by atomic mass is 16.6. The molecule has 4 nitrogen and oxygen atoms in total. The molecule has 5 heteroatoms. The zero-order valence-electron chi connectivity index (χ0n) is 7.15. The summed E-state index contributed by atoms with van der Waals surface area (Å²) in [6, 6.07) is 6.53. The fourth-order valence-corrected chi connectivity index (χ4v) is 0.912. The van der Waals surface area contributed by atoms with Gasteiger partial charge in [-0.25, -0.2) is 5.48 Å². The van der Waals surface area contributed by atoms with Gasteiger partial charge >= 0.3 is 7.48 Å². The van der Waals surface area contributed by atoms with E-state index < -0.39 is 0 Å². The molecule has 0 unspecified atom stereocenters. The molecule has 0 saturated heterocycles. The molecule has 0 fully saturated rings. The Morgan fingerprint density at radius 3 is 3.00 bits per heavy atom. The van der Waals surface area contributed by atoms with Crippen LogP contribution in [0.15, 0.2) is 24.3 Å². The molecule has 1 radical (unpaired) electrons. The number of nitrogens with one attached hydrogen (secondary N) is 1. The van der Waals surface area contributed by atoms with Gasteiger partial charge in [-0.2, -0.15) is 0 Å². The van der Waals surface area contributed by atoms with Crippen molar-refractivity contribution in [2.75, 3.05) is 7.11 Å². The van der Waals surface area contributed by atoms with E-state index in [1.165, 1.54) is 7.11 Å². The standard InChI is InChI=1S/C8H9BNO3/c1-13-10-8(11)6-3-2-4-7(5-6)9-12/h2-5,12H,1H3,(H,10,11). The lowest BCUT2D eigenvalue weighted by atomic mass is 9.87. The number of benzene rings is 1. The molecule has 0 heterocycles. The van der Waals surface area contributed by atoms with Gasteiger partial charge in [-0.05, 0) is 6.07 Å². The first-order valence-electron chi connectivity index (χ1n) is 3.68. The Hall–Kier alpha value is -1.33. The predicted octanol–water partition coefficient (Wildman–Crippen LogP) is -0.785. The second-order valence-corrected chi connectivity index (χ2v) is 2.39. The largest absolute Gasteiger partial charge is 0.450 e. The summed E-state index contributed by atoms with van der Waals surface area (Å²) in [5, 5.41) is 8.69. The molecule has 1 amide bonds. The first-order chi connectivity index (χ1) is 6.27.